The van der Waals surface area contributed by atoms with E-state index in [9.17, 15) is 9.90 Å². The summed E-state index contributed by atoms with van der Waals surface area (Å²) in [5.41, 5.74) is 2.08. The molecule has 3 saturated carbocycles. The summed E-state index contributed by atoms with van der Waals surface area (Å²) in [6.07, 6.45) is 4.21. The minimum absolute atomic E-state index is 0.132. The van der Waals surface area contributed by atoms with Crippen molar-refractivity contribution in [1.82, 2.24) is 5.32 Å². The second kappa shape index (κ2) is 8.07. The second-order valence-electron chi connectivity index (χ2n) is 12.1. The summed E-state index contributed by atoms with van der Waals surface area (Å²) in [5, 5.41) is 14.2. The molecule has 0 aromatic heterocycles. The van der Waals surface area contributed by atoms with Crippen LogP contribution in [-0.2, 0) is 15.6 Å². The minimum atomic E-state index is -0.132. The van der Waals surface area contributed by atoms with Crippen LogP contribution in [0, 0.1) is 17.3 Å². The Kier molecular flexibility index (Phi) is 6.33. The van der Waals surface area contributed by atoms with Crippen LogP contribution in [0.4, 0.5) is 0 Å². The van der Waals surface area contributed by atoms with Crippen molar-refractivity contribution < 1.29 is 9.90 Å². The highest BCUT2D eigenvalue weighted by Crippen LogP contribution is 2.59. The Morgan fingerprint density at radius 2 is 1.67 bits per heavy atom. The maximum Gasteiger partial charge on any atom is 0.221 e. The van der Waals surface area contributed by atoms with E-state index in [2.05, 4.69) is 72.8 Å². The van der Waals surface area contributed by atoms with E-state index in [0.717, 1.165) is 34.1 Å². The molecule has 3 unspecified atom stereocenters. The minimum Gasteiger partial charge on any atom is -0.507 e. The fraction of sp³-hybridized carbons (Fsp3) is 0.731. The molecule has 2 bridgehead atoms. The first kappa shape index (κ1) is 23.5. The fourth-order valence-corrected chi connectivity index (χ4v) is 6.28. The van der Waals surface area contributed by atoms with E-state index in [-0.39, 0.29) is 16.7 Å². The Morgan fingerprint density at radius 3 is 2.13 bits per heavy atom. The van der Waals surface area contributed by atoms with Crippen molar-refractivity contribution in [3.63, 3.8) is 0 Å². The molecule has 0 radical (unpaired) electrons. The second-order valence-corrected chi connectivity index (χ2v) is 13.2. The predicted molar refractivity (Wildman–Crippen MR) is 127 cm³/mol. The molecule has 1 amide bonds. The van der Waals surface area contributed by atoms with E-state index < -0.39 is 0 Å². The zero-order valence-corrected chi connectivity index (χ0v) is 21.0. The van der Waals surface area contributed by atoms with Gasteiger partial charge in [0.15, 0.2) is 0 Å². The lowest BCUT2D eigenvalue weighted by molar-refractivity contribution is -0.128. The fourth-order valence-electron chi connectivity index (χ4n) is 5.36. The average Bonchev–Trinajstić information content (AvgIpc) is 2.60. The Bertz CT molecular complexity index is 763. The van der Waals surface area contributed by atoms with Gasteiger partial charge in [0.25, 0.3) is 0 Å². The average molecular weight is 432 g/mol. The third-order valence-electron chi connectivity index (χ3n) is 7.50. The van der Waals surface area contributed by atoms with Gasteiger partial charge in [-0.3, -0.25) is 4.79 Å². The van der Waals surface area contributed by atoms with Gasteiger partial charge in [0.05, 0.1) is 0 Å². The molecule has 0 spiro atoms. The Labute approximate surface area is 187 Å². The van der Waals surface area contributed by atoms with Crippen LogP contribution >= 0.6 is 11.8 Å². The molecule has 1 aromatic rings. The topological polar surface area (TPSA) is 49.3 Å². The summed E-state index contributed by atoms with van der Waals surface area (Å²) in [4.78, 5) is 13.8. The molecular formula is C26H41NO2S. The van der Waals surface area contributed by atoms with E-state index in [0.29, 0.717) is 29.5 Å². The molecule has 0 heterocycles. The van der Waals surface area contributed by atoms with Crippen molar-refractivity contribution in [2.75, 3.05) is 5.75 Å². The van der Waals surface area contributed by atoms with Gasteiger partial charge >= 0.3 is 0 Å². The van der Waals surface area contributed by atoms with Crippen molar-refractivity contribution in [1.29, 1.82) is 0 Å². The van der Waals surface area contributed by atoms with Gasteiger partial charge < -0.3 is 10.4 Å². The van der Waals surface area contributed by atoms with E-state index in [1.54, 1.807) is 11.8 Å². The Morgan fingerprint density at radius 1 is 1.10 bits per heavy atom. The third kappa shape index (κ3) is 4.69. The first-order valence-electron chi connectivity index (χ1n) is 11.5. The van der Waals surface area contributed by atoms with E-state index in [1.165, 1.54) is 12.8 Å². The quantitative estimate of drug-likeness (QED) is 0.530. The smallest absolute Gasteiger partial charge is 0.221 e. The van der Waals surface area contributed by atoms with Crippen LogP contribution in [0.5, 0.6) is 5.75 Å². The van der Waals surface area contributed by atoms with Gasteiger partial charge in [0, 0.05) is 34.2 Å². The number of phenolic OH excluding ortho intramolecular Hbond substituents is 1. The van der Waals surface area contributed by atoms with Crippen LogP contribution in [0.15, 0.2) is 17.0 Å². The summed E-state index contributed by atoms with van der Waals surface area (Å²) >= 11 is 1.72. The summed E-state index contributed by atoms with van der Waals surface area (Å²) in [6, 6.07) is 4.56. The zero-order valence-electron chi connectivity index (χ0n) is 20.2. The molecule has 1 aromatic carbocycles. The molecule has 0 aliphatic heterocycles. The van der Waals surface area contributed by atoms with E-state index in [4.69, 9.17) is 0 Å². The van der Waals surface area contributed by atoms with Gasteiger partial charge in [-0.25, -0.2) is 0 Å². The number of phenols is 1. The molecule has 2 N–H and O–H groups in total. The monoisotopic (exact) mass is 431 g/mol. The standard InChI is InChI=1S/C26H41NO2S/c1-24(2,3)19-14-17(15-20(23(19)29)25(4,5)6)30-12-11-22(28)27-21-10-9-16-13-18(21)26(16,7)8/h14-16,18,21,29H,9-13H2,1-8H3,(H,27,28). The molecular weight excluding hydrogens is 390 g/mol. The number of carbonyl (C=O) groups is 1. The summed E-state index contributed by atoms with van der Waals surface area (Å²) < 4.78 is 0. The number of hydrogen-bond acceptors (Lipinski definition) is 3. The summed E-state index contributed by atoms with van der Waals surface area (Å²) in [5.74, 6) is 2.85. The third-order valence-corrected chi connectivity index (χ3v) is 8.48. The number of hydrogen-bond donors (Lipinski definition) is 2. The number of amides is 1. The molecule has 4 heteroatoms. The van der Waals surface area contributed by atoms with Gasteiger partial charge in [-0.2, -0.15) is 0 Å². The Hall–Kier alpha value is -1.16. The van der Waals surface area contributed by atoms with Crippen LogP contribution in [0.1, 0.15) is 92.2 Å². The predicted octanol–water partition coefficient (Wildman–Crippen LogP) is 6.41. The van der Waals surface area contributed by atoms with Gasteiger partial charge in [0.2, 0.25) is 5.91 Å². The summed E-state index contributed by atoms with van der Waals surface area (Å²) in [6.45, 7) is 17.5. The maximum atomic E-state index is 12.6. The lowest BCUT2D eigenvalue weighted by Gasteiger charge is -2.60. The molecule has 168 valence electrons. The van der Waals surface area contributed by atoms with Gasteiger partial charge in [0.1, 0.15) is 5.75 Å². The normalized spacial score (nSPS) is 25.5. The Balaban J connectivity index is 1.62. The van der Waals surface area contributed by atoms with E-state index in [1.807, 2.05) is 0 Å². The highest BCUT2D eigenvalue weighted by atomic mass is 32.2. The van der Waals surface area contributed by atoms with Crippen molar-refractivity contribution in [3.05, 3.63) is 23.3 Å². The molecule has 3 nitrogen and oxygen atoms in total. The number of carbonyl (C=O) groups excluding carboxylic acids is 1. The van der Waals surface area contributed by atoms with Gasteiger partial charge in [-0.15, -0.1) is 11.8 Å². The van der Waals surface area contributed by atoms with Gasteiger partial charge in [-0.05, 0) is 59.5 Å². The van der Waals surface area contributed by atoms with Crippen LogP contribution in [0.2, 0.25) is 0 Å². The number of nitrogens with one attached hydrogen (secondary N) is 1. The number of thioether (sulfide) groups is 1. The number of fused-ring (bicyclic) bond motifs is 2. The molecule has 4 rings (SSSR count). The molecule has 3 aliphatic carbocycles. The number of benzene rings is 1. The molecule has 30 heavy (non-hydrogen) atoms. The number of aromatic hydroxyl groups is 1. The van der Waals surface area contributed by atoms with E-state index >= 15 is 0 Å². The maximum absolute atomic E-state index is 12.6. The molecule has 0 saturated heterocycles. The van der Waals surface area contributed by atoms with Gasteiger partial charge in [-0.1, -0.05) is 55.4 Å². The highest BCUT2D eigenvalue weighted by Gasteiger charge is 2.54. The molecule has 3 aliphatic rings. The number of rotatable bonds is 5. The van der Waals surface area contributed by atoms with Crippen LogP contribution in [0.3, 0.4) is 0 Å². The van der Waals surface area contributed by atoms with Crippen molar-refractivity contribution >= 4 is 17.7 Å². The van der Waals surface area contributed by atoms with Crippen molar-refractivity contribution in [3.8, 4) is 5.75 Å². The van der Waals surface area contributed by atoms with Crippen LogP contribution < -0.4 is 5.32 Å². The zero-order chi connectivity index (χ0) is 22.5. The highest BCUT2D eigenvalue weighted by molar-refractivity contribution is 7.99. The first-order valence-corrected chi connectivity index (χ1v) is 12.5. The summed E-state index contributed by atoms with van der Waals surface area (Å²) in [7, 11) is 0. The van der Waals surface area contributed by atoms with Crippen LogP contribution in [0.25, 0.3) is 0 Å². The van der Waals surface area contributed by atoms with Crippen molar-refractivity contribution in [2.45, 2.75) is 103 Å². The van der Waals surface area contributed by atoms with Crippen molar-refractivity contribution in [2.24, 2.45) is 17.3 Å². The lowest BCUT2D eigenvalue weighted by Crippen LogP contribution is -2.59. The SMILES string of the molecule is CC(C)(C)c1cc(SCCC(=O)NC2CCC3CC2C3(C)C)cc(C(C)(C)C)c1O. The van der Waals surface area contributed by atoms with Crippen LogP contribution in [-0.4, -0.2) is 22.8 Å². The lowest BCUT2D eigenvalue weighted by atomic mass is 9.47. The molecule has 3 atom stereocenters. The molecule has 3 fully saturated rings. The largest absolute Gasteiger partial charge is 0.507 e. The first-order chi connectivity index (χ1) is 13.7.